The molecule has 78 valence electrons. The lowest BCUT2D eigenvalue weighted by atomic mass is 10.0. The molecular formula is C11H18N2S. The summed E-state index contributed by atoms with van der Waals surface area (Å²) in [6, 6.07) is 1.36. The summed E-state index contributed by atoms with van der Waals surface area (Å²) in [5, 5.41) is 0. The van der Waals surface area contributed by atoms with Crippen LogP contribution in [0.4, 0.5) is 0 Å². The third kappa shape index (κ3) is 1.48. The molecule has 2 heterocycles. The van der Waals surface area contributed by atoms with Gasteiger partial charge < -0.3 is 4.90 Å². The lowest BCUT2D eigenvalue weighted by molar-refractivity contribution is 0.254. The molecule has 0 N–H and O–H groups in total. The fourth-order valence-electron chi connectivity index (χ4n) is 2.56. The fourth-order valence-corrected chi connectivity index (χ4v) is 2.78. The van der Waals surface area contributed by atoms with Crippen molar-refractivity contribution in [1.29, 1.82) is 0 Å². The Balaban J connectivity index is 2.21. The van der Waals surface area contributed by atoms with Crippen molar-refractivity contribution in [3.63, 3.8) is 0 Å². The predicted molar refractivity (Wildman–Crippen MR) is 63.6 cm³/mol. The van der Waals surface area contributed by atoms with Crippen molar-refractivity contribution in [2.75, 3.05) is 21.1 Å². The van der Waals surface area contributed by atoms with Crippen LogP contribution in [-0.4, -0.2) is 48.0 Å². The van der Waals surface area contributed by atoms with E-state index in [0.29, 0.717) is 6.04 Å². The molecule has 0 aromatic carbocycles. The number of rotatable bonds is 1. The third-order valence-corrected chi connectivity index (χ3v) is 4.06. The first kappa shape index (κ1) is 10.1. The second-order valence-electron chi connectivity index (χ2n) is 4.51. The van der Waals surface area contributed by atoms with E-state index in [1.165, 1.54) is 24.8 Å². The van der Waals surface area contributed by atoms with Crippen LogP contribution in [0.2, 0.25) is 0 Å². The normalized spacial score (nSPS) is 31.5. The van der Waals surface area contributed by atoms with E-state index in [2.05, 4.69) is 18.0 Å². The molecule has 2 aliphatic rings. The average molecular weight is 210 g/mol. The number of hydrogen-bond acceptors (Lipinski definition) is 2. The molecule has 2 rings (SSSR count). The van der Waals surface area contributed by atoms with Gasteiger partial charge in [0.05, 0.1) is 0 Å². The SMILES string of the molecule is CN(C)C(=S)C1=CCC2CCC1N2C. The highest BCUT2D eigenvalue weighted by Gasteiger charge is 2.36. The zero-order valence-corrected chi connectivity index (χ0v) is 9.97. The zero-order chi connectivity index (χ0) is 10.3. The lowest BCUT2D eigenvalue weighted by Crippen LogP contribution is -2.40. The molecule has 0 aromatic rings. The number of nitrogens with zero attached hydrogens (tertiary/aromatic N) is 2. The first-order chi connectivity index (χ1) is 6.61. The molecular weight excluding hydrogens is 192 g/mol. The predicted octanol–water partition coefficient (Wildman–Crippen LogP) is 1.67. The Morgan fingerprint density at radius 2 is 2.21 bits per heavy atom. The summed E-state index contributed by atoms with van der Waals surface area (Å²) in [5.41, 5.74) is 1.38. The summed E-state index contributed by atoms with van der Waals surface area (Å²) in [7, 11) is 6.29. The molecule has 2 unspecified atom stereocenters. The first-order valence-corrected chi connectivity index (χ1v) is 5.65. The highest BCUT2D eigenvalue weighted by Crippen LogP contribution is 2.34. The standard InChI is InChI=1S/C11H18N2S/c1-12(2)11(14)9-6-4-8-5-7-10(9)13(8)3/h6,8,10H,4-5,7H2,1-3H3. The van der Waals surface area contributed by atoms with Gasteiger partial charge in [-0.15, -0.1) is 0 Å². The highest BCUT2D eigenvalue weighted by molar-refractivity contribution is 7.80. The monoisotopic (exact) mass is 210 g/mol. The first-order valence-electron chi connectivity index (χ1n) is 5.25. The maximum absolute atomic E-state index is 5.44. The van der Waals surface area contributed by atoms with Crippen LogP contribution in [-0.2, 0) is 0 Å². The molecule has 0 aliphatic carbocycles. The second kappa shape index (κ2) is 3.63. The summed E-state index contributed by atoms with van der Waals surface area (Å²) in [6.45, 7) is 0. The van der Waals surface area contributed by atoms with Crippen LogP contribution in [0.3, 0.4) is 0 Å². The highest BCUT2D eigenvalue weighted by atomic mass is 32.1. The van der Waals surface area contributed by atoms with Gasteiger partial charge in [-0.25, -0.2) is 0 Å². The largest absolute Gasteiger partial charge is 0.369 e. The summed E-state index contributed by atoms with van der Waals surface area (Å²) in [4.78, 5) is 5.56. The maximum atomic E-state index is 5.44. The summed E-state index contributed by atoms with van der Waals surface area (Å²) >= 11 is 5.44. The van der Waals surface area contributed by atoms with E-state index in [1.807, 2.05) is 19.0 Å². The molecule has 1 fully saturated rings. The van der Waals surface area contributed by atoms with Crippen molar-refractivity contribution in [2.24, 2.45) is 0 Å². The molecule has 2 nitrogen and oxygen atoms in total. The van der Waals surface area contributed by atoms with Gasteiger partial charge in [0.2, 0.25) is 0 Å². The molecule has 0 radical (unpaired) electrons. The van der Waals surface area contributed by atoms with Gasteiger partial charge in [0.15, 0.2) is 0 Å². The molecule has 1 saturated heterocycles. The van der Waals surface area contributed by atoms with E-state index < -0.39 is 0 Å². The molecule has 2 bridgehead atoms. The average Bonchev–Trinajstić information content (AvgIpc) is 2.38. The maximum Gasteiger partial charge on any atom is 0.105 e. The van der Waals surface area contributed by atoms with Gasteiger partial charge in [0.1, 0.15) is 4.99 Å². The van der Waals surface area contributed by atoms with Crippen LogP contribution in [0.15, 0.2) is 11.6 Å². The minimum Gasteiger partial charge on any atom is -0.369 e. The van der Waals surface area contributed by atoms with E-state index in [-0.39, 0.29) is 0 Å². The van der Waals surface area contributed by atoms with E-state index in [1.54, 1.807) is 0 Å². The Kier molecular flexibility index (Phi) is 2.62. The third-order valence-electron chi connectivity index (χ3n) is 3.46. The van der Waals surface area contributed by atoms with Gasteiger partial charge in [0, 0.05) is 26.2 Å². The lowest BCUT2D eigenvalue weighted by Gasteiger charge is -2.33. The van der Waals surface area contributed by atoms with Gasteiger partial charge in [-0.2, -0.15) is 0 Å². The minimum absolute atomic E-state index is 0.587. The quantitative estimate of drug-likeness (QED) is 0.608. The topological polar surface area (TPSA) is 6.48 Å². The van der Waals surface area contributed by atoms with Crippen LogP contribution < -0.4 is 0 Å². The van der Waals surface area contributed by atoms with E-state index >= 15 is 0 Å². The Hall–Kier alpha value is -0.410. The molecule has 2 atom stereocenters. The van der Waals surface area contributed by atoms with Gasteiger partial charge >= 0.3 is 0 Å². The molecule has 3 heteroatoms. The number of hydrogen-bond donors (Lipinski definition) is 0. The van der Waals surface area contributed by atoms with Crippen molar-refractivity contribution < 1.29 is 0 Å². The van der Waals surface area contributed by atoms with Gasteiger partial charge in [-0.1, -0.05) is 18.3 Å². The minimum atomic E-state index is 0.587. The smallest absolute Gasteiger partial charge is 0.105 e. The van der Waals surface area contributed by atoms with Crippen molar-refractivity contribution >= 4 is 17.2 Å². The molecule has 0 aromatic heterocycles. The molecule has 0 spiro atoms. The second-order valence-corrected chi connectivity index (χ2v) is 4.89. The Morgan fingerprint density at radius 1 is 1.50 bits per heavy atom. The molecule has 14 heavy (non-hydrogen) atoms. The van der Waals surface area contributed by atoms with Crippen LogP contribution in [0.1, 0.15) is 19.3 Å². The summed E-state index contributed by atoms with van der Waals surface area (Å²) in [6.07, 6.45) is 6.14. The van der Waals surface area contributed by atoms with Gasteiger partial charge in [0.25, 0.3) is 0 Å². The van der Waals surface area contributed by atoms with Crippen LogP contribution in [0.25, 0.3) is 0 Å². The Morgan fingerprint density at radius 3 is 2.86 bits per heavy atom. The molecule has 0 saturated carbocycles. The number of thiocarbonyl (C=S) groups is 1. The van der Waals surface area contributed by atoms with E-state index in [0.717, 1.165) is 11.0 Å². The van der Waals surface area contributed by atoms with E-state index in [4.69, 9.17) is 12.2 Å². The molecule has 0 amide bonds. The Bertz CT molecular complexity index is 283. The number of likely N-dealkylation sites (N-methyl/N-ethyl adjacent to an activating group) is 2. The zero-order valence-electron chi connectivity index (χ0n) is 9.16. The van der Waals surface area contributed by atoms with Gasteiger partial charge in [-0.3, -0.25) is 4.90 Å². The molecule has 2 aliphatic heterocycles. The Labute approximate surface area is 91.6 Å². The summed E-state index contributed by atoms with van der Waals surface area (Å²) < 4.78 is 0. The van der Waals surface area contributed by atoms with Crippen LogP contribution in [0.5, 0.6) is 0 Å². The van der Waals surface area contributed by atoms with E-state index in [9.17, 15) is 0 Å². The summed E-state index contributed by atoms with van der Waals surface area (Å²) in [5.74, 6) is 0. The van der Waals surface area contributed by atoms with Gasteiger partial charge in [-0.05, 0) is 31.9 Å². The fraction of sp³-hybridized carbons (Fsp3) is 0.727. The van der Waals surface area contributed by atoms with Crippen molar-refractivity contribution in [3.05, 3.63) is 11.6 Å². The van der Waals surface area contributed by atoms with Crippen LogP contribution in [0, 0.1) is 0 Å². The van der Waals surface area contributed by atoms with Crippen molar-refractivity contribution in [2.45, 2.75) is 31.3 Å². The number of fused-ring (bicyclic) bond motifs is 2. The van der Waals surface area contributed by atoms with Crippen LogP contribution >= 0.6 is 12.2 Å². The van der Waals surface area contributed by atoms with Crippen molar-refractivity contribution in [1.82, 2.24) is 9.80 Å². The van der Waals surface area contributed by atoms with Crippen molar-refractivity contribution in [3.8, 4) is 0 Å².